The lowest BCUT2D eigenvalue weighted by Gasteiger charge is -2.43. The van der Waals surface area contributed by atoms with Gasteiger partial charge in [-0.15, -0.1) is 0 Å². The molecule has 3 heteroatoms. The maximum atomic E-state index is 10.1. The van der Waals surface area contributed by atoms with Crippen molar-refractivity contribution in [2.24, 2.45) is 17.3 Å². The van der Waals surface area contributed by atoms with Crippen LogP contribution in [0, 0.1) is 17.3 Å². The Kier molecular flexibility index (Phi) is 5.97. The molecule has 1 saturated carbocycles. The second-order valence-electron chi connectivity index (χ2n) is 9.20. The molecule has 144 valence electrons. The minimum atomic E-state index is 0.354. The van der Waals surface area contributed by atoms with E-state index in [1.807, 2.05) is 0 Å². The van der Waals surface area contributed by atoms with Gasteiger partial charge in [-0.2, -0.15) is 0 Å². The molecule has 2 heterocycles. The van der Waals surface area contributed by atoms with E-state index in [1.54, 1.807) is 0 Å². The minimum Gasteiger partial charge on any atom is -0.396 e. The van der Waals surface area contributed by atoms with Crippen LogP contribution in [-0.4, -0.2) is 54.2 Å². The number of hydrogen-bond donors (Lipinski definition) is 1. The minimum absolute atomic E-state index is 0.354. The van der Waals surface area contributed by atoms with Crippen molar-refractivity contribution in [1.82, 2.24) is 9.80 Å². The molecule has 0 bridgehead atoms. The summed E-state index contributed by atoms with van der Waals surface area (Å²) in [4.78, 5) is 5.32. The fourth-order valence-electron chi connectivity index (χ4n) is 5.84. The molecule has 0 radical (unpaired) electrons. The van der Waals surface area contributed by atoms with Crippen molar-refractivity contribution < 1.29 is 5.11 Å². The fraction of sp³-hybridized carbons (Fsp3) is 0.739. The Labute approximate surface area is 159 Å². The molecule has 1 atom stereocenters. The van der Waals surface area contributed by atoms with Gasteiger partial charge in [0, 0.05) is 38.7 Å². The molecule has 3 aliphatic rings. The van der Waals surface area contributed by atoms with Gasteiger partial charge in [0.05, 0.1) is 0 Å². The monoisotopic (exact) mass is 356 g/mol. The number of nitrogens with zero attached hydrogens (tertiary/aromatic N) is 2. The summed E-state index contributed by atoms with van der Waals surface area (Å²) in [7, 11) is 0. The molecule has 26 heavy (non-hydrogen) atoms. The van der Waals surface area contributed by atoms with Crippen molar-refractivity contribution in [3.8, 4) is 0 Å². The topological polar surface area (TPSA) is 26.7 Å². The summed E-state index contributed by atoms with van der Waals surface area (Å²) in [6, 6.07) is 10.8. The largest absolute Gasteiger partial charge is 0.396 e. The van der Waals surface area contributed by atoms with Crippen LogP contribution >= 0.6 is 0 Å². The molecule has 3 nitrogen and oxygen atoms in total. The predicted molar refractivity (Wildman–Crippen MR) is 107 cm³/mol. The Morgan fingerprint density at radius 1 is 0.962 bits per heavy atom. The Bertz CT molecular complexity index is 547. The highest BCUT2D eigenvalue weighted by atomic mass is 16.3. The molecular formula is C23H36N2O. The molecule has 1 aromatic carbocycles. The van der Waals surface area contributed by atoms with E-state index in [4.69, 9.17) is 0 Å². The molecule has 4 rings (SSSR count). The van der Waals surface area contributed by atoms with Crippen molar-refractivity contribution in [2.75, 3.05) is 39.3 Å². The van der Waals surface area contributed by atoms with Crippen LogP contribution in [0.1, 0.15) is 50.5 Å². The lowest BCUT2D eigenvalue weighted by Crippen LogP contribution is -2.46. The van der Waals surface area contributed by atoms with E-state index in [1.165, 1.54) is 76.7 Å². The first-order valence-electron chi connectivity index (χ1n) is 10.9. The average Bonchev–Trinajstić information content (AvgIpc) is 3.02. The molecule has 1 unspecified atom stereocenters. The van der Waals surface area contributed by atoms with Crippen LogP contribution < -0.4 is 0 Å². The molecule has 1 aromatic rings. The molecule has 1 spiro atoms. The third-order valence-electron chi connectivity index (χ3n) is 7.45. The van der Waals surface area contributed by atoms with Crippen molar-refractivity contribution in [3.05, 3.63) is 35.9 Å². The fourth-order valence-corrected chi connectivity index (χ4v) is 5.84. The van der Waals surface area contributed by atoms with Gasteiger partial charge in [-0.05, 0) is 55.7 Å². The second kappa shape index (κ2) is 8.41. The normalized spacial score (nSPS) is 28.0. The van der Waals surface area contributed by atoms with E-state index in [-0.39, 0.29) is 0 Å². The van der Waals surface area contributed by atoms with Crippen LogP contribution in [0.2, 0.25) is 0 Å². The van der Waals surface area contributed by atoms with E-state index in [0.717, 1.165) is 19.0 Å². The van der Waals surface area contributed by atoms with Crippen LogP contribution in [0.15, 0.2) is 30.3 Å². The van der Waals surface area contributed by atoms with Gasteiger partial charge < -0.3 is 10.0 Å². The van der Waals surface area contributed by atoms with Gasteiger partial charge in [0.1, 0.15) is 0 Å². The first-order valence-corrected chi connectivity index (χ1v) is 10.9. The van der Waals surface area contributed by atoms with Crippen LogP contribution in [0.25, 0.3) is 0 Å². The number of likely N-dealkylation sites (tertiary alicyclic amines) is 2. The number of benzene rings is 1. The number of rotatable bonds is 5. The Morgan fingerprint density at radius 3 is 2.38 bits per heavy atom. The van der Waals surface area contributed by atoms with Crippen molar-refractivity contribution in [3.63, 3.8) is 0 Å². The highest BCUT2D eigenvalue weighted by Crippen LogP contribution is 2.45. The summed E-state index contributed by atoms with van der Waals surface area (Å²) in [5, 5.41) is 10.1. The number of piperidine rings is 1. The zero-order chi connectivity index (χ0) is 17.8. The van der Waals surface area contributed by atoms with E-state index in [0.29, 0.717) is 17.9 Å². The summed E-state index contributed by atoms with van der Waals surface area (Å²) in [5.74, 6) is 1.41. The van der Waals surface area contributed by atoms with Crippen LogP contribution in [0.5, 0.6) is 0 Å². The van der Waals surface area contributed by atoms with Crippen LogP contribution in [0.4, 0.5) is 0 Å². The maximum Gasteiger partial charge on any atom is 0.0477 e. The number of hydrogen-bond acceptors (Lipinski definition) is 3. The van der Waals surface area contributed by atoms with Gasteiger partial charge >= 0.3 is 0 Å². The SMILES string of the molecule is OCC1CN(Cc2ccccc2)CC12CCN(CC1CCCCC1)CC2. The summed E-state index contributed by atoms with van der Waals surface area (Å²) in [6.45, 7) is 7.43. The highest BCUT2D eigenvalue weighted by Gasteiger charge is 2.47. The van der Waals surface area contributed by atoms with Crippen molar-refractivity contribution >= 4 is 0 Å². The highest BCUT2D eigenvalue weighted by molar-refractivity contribution is 5.15. The van der Waals surface area contributed by atoms with Crippen molar-refractivity contribution in [2.45, 2.75) is 51.5 Å². The zero-order valence-corrected chi connectivity index (χ0v) is 16.3. The van der Waals surface area contributed by atoms with Gasteiger partial charge in [0.25, 0.3) is 0 Å². The quantitative estimate of drug-likeness (QED) is 0.870. The third kappa shape index (κ3) is 4.16. The Balaban J connectivity index is 1.32. The van der Waals surface area contributed by atoms with E-state index in [9.17, 15) is 5.11 Å². The summed E-state index contributed by atoms with van der Waals surface area (Å²) >= 11 is 0. The molecule has 3 fully saturated rings. The molecule has 2 saturated heterocycles. The first-order chi connectivity index (χ1) is 12.8. The lowest BCUT2D eigenvalue weighted by molar-refractivity contribution is 0.0424. The van der Waals surface area contributed by atoms with Gasteiger partial charge in [0.15, 0.2) is 0 Å². The Morgan fingerprint density at radius 2 is 1.69 bits per heavy atom. The van der Waals surface area contributed by atoms with Gasteiger partial charge in [-0.3, -0.25) is 4.90 Å². The third-order valence-corrected chi connectivity index (χ3v) is 7.45. The smallest absolute Gasteiger partial charge is 0.0477 e. The van der Waals surface area contributed by atoms with E-state index >= 15 is 0 Å². The second-order valence-corrected chi connectivity index (χ2v) is 9.20. The van der Waals surface area contributed by atoms with Crippen molar-refractivity contribution in [1.29, 1.82) is 0 Å². The summed E-state index contributed by atoms with van der Waals surface area (Å²) < 4.78 is 0. The molecule has 0 amide bonds. The predicted octanol–water partition coefficient (Wildman–Crippen LogP) is 3.77. The molecule has 1 N–H and O–H groups in total. The number of aliphatic hydroxyl groups excluding tert-OH is 1. The molecule has 0 aromatic heterocycles. The number of aliphatic hydroxyl groups is 1. The van der Waals surface area contributed by atoms with Gasteiger partial charge in [-0.1, -0.05) is 49.6 Å². The molecule has 2 aliphatic heterocycles. The Hall–Kier alpha value is -0.900. The van der Waals surface area contributed by atoms with Gasteiger partial charge in [0.2, 0.25) is 0 Å². The molecule has 1 aliphatic carbocycles. The van der Waals surface area contributed by atoms with E-state index in [2.05, 4.69) is 40.1 Å². The zero-order valence-electron chi connectivity index (χ0n) is 16.3. The summed E-state index contributed by atoms with van der Waals surface area (Å²) in [6.07, 6.45) is 9.80. The maximum absolute atomic E-state index is 10.1. The average molecular weight is 357 g/mol. The summed E-state index contributed by atoms with van der Waals surface area (Å²) in [5.41, 5.74) is 1.75. The van der Waals surface area contributed by atoms with Gasteiger partial charge in [-0.25, -0.2) is 0 Å². The first kappa shape index (κ1) is 18.5. The standard InChI is InChI=1S/C23H36N2O/c26-18-22-17-25(16-21-9-5-2-6-10-21)19-23(22)11-13-24(14-12-23)15-20-7-3-1-4-8-20/h2,5-6,9-10,20,22,26H,1,3-4,7-8,11-19H2. The molecular weight excluding hydrogens is 320 g/mol. The van der Waals surface area contributed by atoms with Crippen LogP contribution in [-0.2, 0) is 6.54 Å². The van der Waals surface area contributed by atoms with E-state index < -0.39 is 0 Å². The lowest BCUT2D eigenvalue weighted by atomic mass is 9.71. The van der Waals surface area contributed by atoms with Crippen LogP contribution in [0.3, 0.4) is 0 Å².